The molecule has 134 valence electrons. The molecule has 2 heterocycles. The van der Waals surface area contributed by atoms with Crippen molar-refractivity contribution in [2.75, 3.05) is 0 Å². The van der Waals surface area contributed by atoms with Crippen molar-refractivity contribution in [3.05, 3.63) is 88.8 Å². The number of carbonyl (C=O) groups excluding carboxylic acids is 1. The van der Waals surface area contributed by atoms with Gasteiger partial charge in [-0.1, -0.05) is 18.2 Å². The molecule has 0 saturated carbocycles. The molecule has 0 bridgehead atoms. The maximum Gasteiger partial charge on any atom is 0.264 e. The molecule has 1 amide bonds. The number of halogens is 1. The predicted molar refractivity (Wildman–Crippen MR) is 108 cm³/mol. The van der Waals surface area contributed by atoms with Crippen LogP contribution in [0.15, 0.2) is 76.8 Å². The Bertz CT molecular complexity index is 1050. The molecule has 2 aromatic carbocycles. The minimum Gasteiger partial charge on any atom is -0.321 e. The first-order chi connectivity index (χ1) is 13.1. The lowest BCUT2D eigenvalue weighted by atomic mass is 10.3. The predicted octanol–water partition coefficient (Wildman–Crippen LogP) is 4.82. The minimum absolute atomic E-state index is 0.189. The Balaban J connectivity index is 1.58. The summed E-state index contributed by atoms with van der Waals surface area (Å²) in [5.41, 5.74) is 3.68. The van der Waals surface area contributed by atoms with Gasteiger partial charge in [0.2, 0.25) is 0 Å². The third-order valence-corrected chi connectivity index (χ3v) is 4.98. The van der Waals surface area contributed by atoms with Crippen molar-refractivity contribution in [2.45, 2.75) is 6.92 Å². The average molecular weight is 377 g/mol. The highest BCUT2D eigenvalue weighted by molar-refractivity contribution is 8.18. The van der Waals surface area contributed by atoms with Crippen LogP contribution in [0.5, 0.6) is 0 Å². The van der Waals surface area contributed by atoms with Crippen molar-refractivity contribution in [1.29, 1.82) is 0 Å². The maximum absolute atomic E-state index is 13.0. The molecule has 27 heavy (non-hydrogen) atoms. The molecular formula is C21H16FN3OS. The molecule has 0 spiro atoms. The molecule has 0 aliphatic carbocycles. The lowest BCUT2D eigenvalue weighted by Gasteiger charge is -2.04. The highest BCUT2D eigenvalue weighted by atomic mass is 32.2. The van der Waals surface area contributed by atoms with Crippen LogP contribution in [0.4, 0.5) is 10.1 Å². The zero-order valence-corrected chi connectivity index (χ0v) is 15.3. The van der Waals surface area contributed by atoms with E-state index in [4.69, 9.17) is 0 Å². The van der Waals surface area contributed by atoms with Crippen LogP contribution in [-0.2, 0) is 4.79 Å². The first kappa shape index (κ1) is 17.3. The fourth-order valence-electron chi connectivity index (χ4n) is 2.81. The molecule has 1 aromatic heterocycles. The topological polar surface area (TPSA) is 46.4 Å². The number of aromatic nitrogens is 1. The summed E-state index contributed by atoms with van der Waals surface area (Å²) >= 11 is 1.27. The third-order valence-electron chi connectivity index (χ3n) is 4.07. The van der Waals surface area contributed by atoms with Crippen LogP contribution in [-0.4, -0.2) is 15.6 Å². The molecule has 1 fully saturated rings. The van der Waals surface area contributed by atoms with E-state index in [9.17, 15) is 9.18 Å². The van der Waals surface area contributed by atoms with E-state index in [0.29, 0.717) is 15.8 Å². The van der Waals surface area contributed by atoms with E-state index in [2.05, 4.69) is 14.9 Å². The van der Waals surface area contributed by atoms with Crippen LogP contribution in [0.3, 0.4) is 0 Å². The molecule has 0 radical (unpaired) electrons. The Morgan fingerprint density at radius 3 is 2.59 bits per heavy atom. The van der Waals surface area contributed by atoms with Crippen LogP contribution in [0.25, 0.3) is 11.8 Å². The van der Waals surface area contributed by atoms with E-state index in [1.807, 2.05) is 55.6 Å². The number of nitrogens with zero attached hydrogens (tertiary/aromatic N) is 2. The highest BCUT2D eigenvalue weighted by Crippen LogP contribution is 2.29. The Labute approximate surface area is 160 Å². The number of amidine groups is 1. The van der Waals surface area contributed by atoms with E-state index < -0.39 is 0 Å². The number of aliphatic imine (C=N–C) groups is 1. The number of benzene rings is 2. The number of hydrogen-bond donors (Lipinski definition) is 1. The van der Waals surface area contributed by atoms with Crippen LogP contribution in [0.2, 0.25) is 0 Å². The van der Waals surface area contributed by atoms with Crippen LogP contribution in [0, 0.1) is 12.7 Å². The number of nitrogens with one attached hydrogen (secondary N) is 1. The zero-order valence-electron chi connectivity index (χ0n) is 14.5. The first-order valence-electron chi connectivity index (χ1n) is 8.38. The first-order valence-corrected chi connectivity index (χ1v) is 9.20. The van der Waals surface area contributed by atoms with Crippen LogP contribution in [0.1, 0.15) is 11.3 Å². The largest absolute Gasteiger partial charge is 0.321 e. The van der Waals surface area contributed by atoms with Gasteiger partial charge in [0.15, 0.2) is 5.17 Å². The Morgan fingerprint density at radius 1 is 1.11 bits per heavy atom. The maximum atomic E-state index is 13.0. The van der Waals surface area contributed by atoms with Gasteiger partial charge in [-0.3, -0.25) is 4.79 Å². The Kier molecular flexibility index (Phi) is 4.64. The fraction of sp³-hybridized carbons (Fsp3) is 0.0476. The second-order valence-corrected chi connectivity index (χ2v) is 7.11. The van der Waals surface area contributed by atoms with Crippen molar-refractivity contribution in [3.8, 4) is 5.69 Å². The van der Waals surface area contributed by atoms with Crippen molar-refractivity contribution < 1.29 is 9.18 Å². The summed E-state index contributed by atoms with van der Waals surface area (Å²) in [5.74, 6) is -0.507. The third kappa shape index (κ3) is 3.85. The summed E-state index contributed by atoms with van der Waals surface area (Å²) in [6.07, 6.45) is 3.85. The van der Waals surface area contributed by atoms with E-state index in [1.165, 1.54) is 23.9 Å². The van der Waals surface area contributed by atoms with Crippen molar-refractivity contribution in [3.63, 3.8) is 0 Å². The minimum atomic E-state index is -0.319. The van der Waals surface area contributed by atoms with E-state index in [1.54, 1.807) is 12.1 Å². The molecule has 1 N–H and O–H groups in total. The van der Waals surface area contributed by atoms with Gasteiger partial charge in [-0.25, -0.2) is 9.38 Å². The fourth-order valence-corrected chi connectivity index (χ4v) is 3.65. The molecule has 1 aliphatic heterocycles. The molecule has 1 saturated heterocycles. The monoisotopic (exact) mass is 377 g/mol. The SMILES string of the molecule is Cc1cc(/C=C2/SC(=Nc3ccc(F)cc3)NC2=O)cn1-c1ccccc1. The van der Waals surface area contributed by atoms with E-state index >= 15 is 0 Å². The Morgan fingerprint density at radius 2 is 1.85 bits per heavy atom. The number of rotatable bonds is 3. The number of para-hydroxylation sites is 1. The van der Waals surface area contributed by atoms with Gasteiger partial charge in [0.05, 0.1) is 10.6 Å². The van der Waals surface area contributed by atoms with E-state index in [-0.39, 0.29) is 11.7 Å². The van der Waals surface area contributed by atoms with Gasteiger partial charge >= 0.3 is 0 Å². The lowest BCUT2D eigenvalue weighted by molar-refractivity contribution is -0.115. The van der Waals surface area contributed by atoms with Gasteiger partial charge < -0.3 is 9.88 Å². The zero-order chi connectivity index (χ0) is 18.8. The summed E-state index contributed by atoms with van der Waals surface area (Å²) in [6, 6.07) is 17.9. The second kappa shape index (κ2) is 7.25. The van der Waals surface area contributed by atoms with Gasteiger partial charge in [-0.2, -0.15) is 0 Å². The lowest BCUT2D eigenvalue weighted by Crippen LogP contribution is -2.19. The molecular weight excluding hydrogens is 361 g/mol. The normalized spacial score (nSPS) is 16.9. The molecule has 4 nitrogen and oxygen atoms in total. The van der Waals surface area contributed by atoms with Crippen LogP contribution >= 0.6 is 11.8 Å². The summed E-state index contributed by atoms with van der Waals surface area (Å²) < 4.78 is 15.1. The summed E-state index contributed by atoms with van der Waals surface area (Å²) in [6.45, 7) is 2.03. The van der Waals surface area contributed by atoms with Gasteiger partial charge in [0.25, 0.3) is 5.91 Å². The second-order valence-electron chi connectivity index (χ2n) is 6.08. The van der Waals surface area contributed by atoms with Crippen molar-refractivity contribution in [2.24, 2.45) is 4.99 Å². The van der Waals surface area contributed by atoms with Crippen molar-refractivity contribution >= 4 is 34.6 Å². The number of thioether (sulfide) groups is 1. The molecule has 0 atom stereocenters. The molecule has 0 unspecified atom stereocenters. The van der Waals surface area contributed by atoms with Gasteiger partial charge in [-0.15, -0.1) is 0 Å². The van der Waals surface area contributed by atoms with Gasteiger partial charge in [0.1, 0.15) is 5.82 Å². The number of hydrogen-bond acceptors (Lipinski definition) is 3. The van der Waals surface area contributed by atoms with Crippen LogP contribution < -0.4 is 5.32 Å². The van der Waals surface area contributed by atoms with Crippen molar-refractivity contribution in [1.82, 2.24) is 9.88 Å². The summed E-state index contributed by atoms with van der Waals surface area (Å²) in [5, 5.41) is 3.23. The summed E-state index contributed by atoms with van der Waals surface area (Å²) in [4.78, 5) is 17.2. The molecule has 1 aliphatic rings. The number of carbonyl (C=O) groups is 1. The number of amides is 1. The average Bonchev–Trinajstić information content (AvgIpc) is 3.20. The van der Waals surface area contributed by atoms with E-state index in [0.717, 1.165) is 16.9 Å². The highest BCUT2D eigenvalue weighted by Gasteiger charge is 2.24. The summed E-state index contributed by atoms with van der Waals surface area (Å²) in [7, 11) is 0. The molecule has 4 rings (SSSR count). The Hall–Kier alpha value is -3.12. The molecule has 3 aromatic rings. The quantitative estimate of drug-likeness (QED) is 0.666. The number of aryl methyl sites for hydroxylation is 1. The smallest absolute Gasteiger partial charge is 0.264 e. The van der Waals surface area contributed by atoms with Gasteiger partial charge in [-0.05, 0) is 72.8 Å². The standard InChI is InChI=1S/C21H16FN3OS/c1-14-11-15(13-25(14)18-5-3-2-4-6-18)12-19-20(26)24-21(27-19)23-17-9-7-16(22)8-10-17/h2-13H,1H3,(H,23,24,26)/b19-12+. The molecule has 6 heteroatoms. The van der Waals surface area contributed by atoms with Gasteiger partial charge in [0, 0.05) is 17.6 Å².